The fourth-order valence-electron chi connectivity index (χ4n) is 1.92. The smallest absolute Gasteiger partial charge is 0.315 e. The number of rotatable bonds is 5. The summed E-state index contributed by atoms with van der Waals surface area (Å²) in [6, 6.07) is 0.403. The first-order chi connectivity index (χ1) is 9.31. The molecule has 0 bridgehead atoms. The molecule has 3 heterocycles. The first-order valence-electron chi connectivity index (χ1n) is 6.29. The highest BCUT2D eigenvalue weighted by Crippen LogP contribution is 2.26. The third-order valence-corrected chi connectivity index (χ3v) is 2.84. The molecular weight excluding hydrogens is 250 g/mol. The van der Waals surface area contributed by atoms with Crippen LogP contribution in [0.1, 0.15) is 36.6 Å². The summed E-state index contributed by atoms with van der Waals surface area (Å²) in [4.78, 5) is 4.32. The minimum atomic E-state index is -0.0344. The molecule has 1 saturated heterocycles. The summed E-state index contributed by atoms with van der Waals surface area (Å²) >= 11 is 0. The predicted octanol–water partition coefficient (Wildman–Crippen LogP) is 1.27. The Morgan fingerprint density at radius 2 is 2.32 bits per heavy atom. The molecule has 1 aliphatic heterocycles. The van der Waals surface area contributed by atoms with Crippen molar-refractivity contribution in [1.82, 2.24) is 20.3 Å². The number of hydrogen-bond donors (Lipinski definition) is 1. The first-order valence-corrected chi connectivity index (χ1v) is 6.29. The third kappa shape index (κ3) is 2.90. The summed E-state index contributed by atoms with van der Waals surface area (Å²) in [5.74, 6) is 1.75. The van der Waals surface area contributed by atoms with Gasteiger partial charge in [-0.15, -0.1) is 5.10 Å². The Hall–Kier alpha value is -1.96. The van der Waals surface area contributed by atoms with Crippen LogP contribution in [0.3, 0.4) is 0 Å². The van der Waals surface area contributed by atoms with Gasteiger partial charge in [0, 0.05) is 26.5 Å². The van der Waals surface area contributed by atoms with E-state index in [2.05, 4.69) is 25.7 Å². The zero-order valence-electron chi connectivity index (χ0n) is 10.6. The van der Waals surface area contributed by atoms with Gasteiger partial charge in [-0.05, 0) is 12.8 Å². The van der Waals surface area contributed by atoms with Gasteiger partial charge in [-0.25, -0.2) is 0 Å². The topological polar surface area (TPSA) is 99.1 Å². The number of nitrogens with zero attached hydrogens (tertiary/aromatic N) is 4. The fraction of sp³-hybridized carbons (Fsp3) is 0.636. The molecule has 0 aromatic carbocycles. The van der Waals surface area contributed by atoms with Crippen molar-refractivity contribution < 1.29 is 13.7 Å². The third-order valence-electron chi connectivity index (χ3n) is 2.84. The van der Waals surface area contributed by atoms with Gasteiger partial charge in [-0.1, -0.05) is 10.3 Å². The van der Waals surface area contributed by atoms with Crippen LogP contribution < -0.4 is 5.32 Å². The van der Waals surface area contributed by atoms with E-state index in [0.717, 1.165) is 19.4 Å². The molecule has 0 spiro atoms. The molecule has 0 amide bonds. The lowest BCUT2D eigenvalue weighted by molar-refractivity contribution is 0.0835. The zero-order valence-corrected chi connectivity index (χ0v) is 10.6. The Morgan fingerprint density at radius 3 is 3.05 bits per heavy atom. The second kappa shape index (κ2) is 5.35. The van der Waals surface area contributed by atoms with Crippen molar-refractivity contribution in [3.63, 3.8) is 0 Å². The second-order valence-corrected chi connectivity index (χ2v) is 4.35. The van der Waals surface area contributed by atoms with Gasteiger partial charge in [0.1, 0.15) is 6.10 Å². The van der Waals surface area contributed by atoms with E-state index in [4.69, 9.17) is 13.7 Å². The molecule has 0 unspecified atom stereocenters. The summed E-state index contributed by atoms with van der Waals surface area (Å²) in [7, 11) is 0. The molecule has 8 heteroatoms. The average Bonchev–Trinajstić information content (AvgIpc) is 3.09. The number of aryl methyl sites for hydroxylation is 1. The Bertz CT molecular complexity index is 532. The summed E-state index contributed by atoms with van der Waals surface area (Å²) in [5.41, 5.74) is 0. The van der Waals surface area contributed by atoms with Crippen molar-refractivity contribution in [2.24, 2.45) is 0 Å². The van der Waals surface area contributed by atoms with Crippen LogP contribution in [0.5, 0.6) is 0 Å². The van der Waals surface area contributed by atoms with Gasteiger partial charge in [0.2, 0.25) is 5.89 Å². The van der Waals surface area contributed by atoms with Crippen LogP contribution in [0.15, 0.2) is 8.94 Å². The normalized spacial score (nSPS) is 18.9. The van der Waals surface area contributed by atoms with E-state index in [0.29, 0.717) is 36.6 Å². The molecule has 3 rings (SSSR count). The molecule has 19 heavy (non-hydrogen) atoms. The van der Waals surface area contributed by atoms with Gasteiger partial charge in [-0.2, -0.15) is 4.98 Å². The lowest BCUT2D eigenvalue weighted by Gasteiger charge is -2.00. The van der Waals surface area contributed by atoms with Crippen LogP contribution in [-0.2, 0) is 11.2 Å². The molecule has 1 N–H and O–H groups in total. The van der Waals surface area contributed by atoms with Crippen LogP contribution in [0, 0.1) is 6.92 Å². The van der Waals surface area contributed by atoms with Crippen LogP contribution in [0.25, 0.3) is 0 Å². The maximum Gasteiger partial charge on any atom is 0.315 e. The van der Waals surface area contributed by atoms with E-state index >= 15 is 0 Å². The molecule has 0 aliphatic carbocycles. The largest absolute Gasteiger partial charge is 0.408 e. The van der Waals surface area contributed by atoms with E-state index in [9.17, 15) is 0 Å². The first kappa shape index (κ1) is 12.1. The molecule has 1 atom stereocenters. The van der Waals surface area contributed by atoms with Gasteiger partial charge < -0.3 is 19.0 Å². The molecule has 8 nitrogen and oxygen atoms in total. The van der Waals surface area contributed by atoms with E-state index in [-0.39, 0.29) is 6.10 Å². The van der Waals surface area contributed by atoms with Crippen LogP contribution in [0.2, 0.25) is 0 Å². The Balaban J connectivity index is 1.50. The molecule has 1 aliphatic rings. The molecule has 2 aromatic heterocycles. The quantitative estimate of drug-likeness (QED) is 0.862. The van der Waals surface area contributed by atoms with Crippen molar-refractivity contribution in [1.29, 1.82) is 0 Å². The summed E-state index contributed by atoms with van der Waals surface area (Å²) in [6.45, 7) is 3.11. The Labute approximate surface area is 109 Å². The summed E-state index contributed by atoms with van der Waals surface area (Å²) in [6.07, 6.45) is 2.58. The fourth-order valence-corrected chi connectivity index (χ4v) is 1.92. The number of anilines is 1. The number of hydrogen-bond acceptors (Lipinski definition) is 8. The van der Waals surface area contributed by atoms with Crippen molar-refractivity contribution in [2.45, 2.75) is 32.3 Å². The molecule has 0 radical (unpaired) electrons. The molecule has 102 valence electrons. The van der Waals surface area contributed by atoms with E-state index in [1.807, 2.05) is 0 Å². The maximum absolute atomic E-state index is 5.48. The lowest BCUT2D eigenvalue weighted by Crippen LogP contribution is -2.06. The van der Waals surface area contributed by atoms with Crippen LogP contribution in [0.4, 0.5) is 6.01 Å². The van der Waals surface area contributed by atoms with E-state index in [1.165, 1.54) is 0 Å². The summed E-state index contributed by atoms with van der Waals surface area (Å²) < 4.78 is 15.9. The monoisotopic (exact) mass is 265 g/mol. The summed E-state index contributed by atoms with van der Waals surface area (Å²) in [5, 5.41) is 14.5. The van der Waals surface area contributed by atoms with Crippen LogP contribution >= 0.6 is 0 Å². The SMILES string of the molecule is Cc1nnc(NCCc2noc([C@@H]3CCCO3)n2)o1. The van der Waals surface area contributed by atoms with Gasteiger partial charge in [0.05, 0.1) is 0 Å². The van der Waals surface area contributed by atoms with Gasteiger partial charge in [0.15, 0.2) is 5.82 Å². The molecule has 0 saturated carbocycles. The Kier molecular flexibility index (Phi) is 3.41. The maximum atomic E-state index is 5.48. The molecular formula is C11H15N5O3. The highest BCUT2D eigenvalue weighted by Gasteiger charge is 2.23. The van der Waals surface area contributed by atoms with E-state index < -0.39 is 0 Å². The minimum absolute atomic E-state index is 0.0344. The van der Waals surface area contributed by atoms with Crippen molar-refractivity contribution in [3.05, 3.63) is 17.6 Å². The van der Waals surface area contributed by atoms with Gasteiger partial charge in [0.25, 0.3) is 5.89 Å². The highest BCUT2D eigenvalue weighted by molar-refractivity contribution is 5.16. The van der Waals surface area contributed by atoms with Crippen LogP contribution in [-0.4, -0.2) is 33.5 Å². The predicted molar refractivity (Wildman–Crippen MR) is 63.5 cm³/mol. The second-order valence-electron chi connectivity index (χ2n) is 4.35. The number of aromatic nitrogens is 4. The zero-order chi connectivity index (χ0) is 13.1. The average molecular weight is 265 g/mol. The highest BCUT2D eigenvalue weighted by atomic mass is 16.5. The van der Waals surface area contributed by atoms with Gasteiger partial charge >= 0.3 is 6.01 Å². The standard InChI is InChI=1S/C11H15N5O3/c1-7-14-15-11(18-7)12-5-4-9-13-10(19-16-9)8-3-2-6-17-8/h8H,2-6H2,1H3,(H,12,15)/t8-/m0/s1. The number of ether oxygens (including phenoxy) is 1. The lowest BCUT2D eigenvalue weighted by atomic mass is 10.2. The van der Waals surface area contributed by atoms with Crippen molar-refractivity contribution in [3.8, 4) is 0 Å². The molecule has 1 fully saturated rings. The van der Waals surface area contributed by atoms with Gasteiger partial charge in [-0.3, -0.25) is 0 Å². The van der Waals surface area contributed by atoms with Crippen molar-refractivity contribution >= 4 is 6.01 Å². The van der Waals surface area contributed by atoms with E-state index in [1.54, 1.807) is 6.92 Å². The minimum Gasteiger partial charge on any atom is -0.408 e. The number of nitrogens with one attached hydrogen (secondary N) is 1. The Morgan fingerprint density at radius 1 is 1.37 bits per heavy atom. The molecule has 2 aromatic rings. The van der Waals surface area contributed by atoms with Crippen molar-refractivity contribution in [2.75, 3.05) is 18.5 Å².